The zero-order valence-corrected chi connectivity index (χ0v) is 12.1. The van der Waals surface area contributed by atoms with Crippen molar-refractivity contribution in [2.24, 2.45) is 10.8 Å². The molecule has 19 heavy (non-hydrogen) atoms. The van der Waals surface area contributed by atoms with E-state index >= 15 is 0 Å². The number of alkyl halides is 1. The molecule has 0 aliphatic carbocycles. The lowest BCUT2D eigenvalue weighted by Gasteiger charge is -2.10. The zero-order chi connectivity index (χ0) is 14.1. The van der Waals surface area contributed by atoms with E-state index in [2.05, 4.69) is 22.7 Å². The molecule has 104 valence electrons. The number of hydrogen-bond donors (Lipinski definition) is 2. The maximum Gasteiger partial charge on any atom is 0.184 e. The van der Waals surface area contributed by atoms with Gasteiger partial charge in [-0.05, 0) is 42.4 Å². The Morgan fingerprint density at radius 2 is 2.32 bits per heavy atom. The molecule has 0 heterocycles. The third-order valence-electron chi connectivity index (χ3n) is 2.11. The van der Waals surface area contributed by atoms with Crippen molar-refractivity contribution in [2.45, 2.75) is 6.42 Å². The van der Waals surface area contributed by atoms with Crippen LogP contribution in [0.5, 0.6) is 11.5 Å². The van der Waals surface area contributed by atoms with Gasteiger partial charge in [-0.3, -0.25) is 5.43 Å². The average Bonchev–Trinajstić information content (AvgIpc) is 2.39. The first kappa shape index (κ1) is 15.5. The van der Waals surface area contributed by atoms with Crippen molar-refractivity contribution in [2.75, 3.05) is 19.6 Å². The summed E-state index contributed by atoms with van der Waals surface area (Å²) in [5, 5.41) is 3.99. The molecular formula is C12H16ClN3O2S. The smallest absolute Gasteiger partial charge is 0.184 e. The maximum absolute atomic E-state index is 5.61. The minimum Gasteiger partial charge on any atom is -0.493 e. The summed E-state index contributed by atoms with van der Waals surface area (Å²) in [5.74, 6) is 1.86. The molecule has 0 unspecified atom stereocenters. The first-order chi connectivity index (χ1) is 9.17. The van der Waals surface area contributed by atoms with Crippen LogP contribution < -0.4 is 20.6 Å². The van der Waals surface area contributed by atoms with E-state index in [0.29, 0.717) is 24.0 Å². The molecule has 0 saturated heterocycles. The van der Waals surface area contributed by atoms with Gasteiger partial charge >= 0.3 is 0 Å². The van der Waals surface area contributed by atoms with Crippen molar-refractivity contribution in [3.05, 3.63) is 23.8 Å². The first-order valence-corrected chi connectivity index (χ1v) is 6.57. The predicted molar refractivity (Wildman–Crippen MR) is 81.3 cm³/mol. The fraction of sp³-hybridized carbons (Fsp3) is 0.333. The van der Waals surface area contributed by atoms with Crippen LogP contribution in [0.3, 0.4) is 0 Å². The van der Waals surface area contributed by atoms with Crippen LogP contribution in [-0.4, -0.2) is 30.9 Å². The monoisotopic (exact) mass is 301 g/mol. The molecule has 1 aromatic carbocycles. The summed E-state index contributed by atoms with van der Waals surface area (Å²) in [5.41, 5.74) is 8.58. The summed E-state index contributed by atoms with van der Waals surface area (Å²) in [6, 6.07) is 5.47. The topological polar surface area (TPSA) is 68.9 Å². The van der Waals surface area contributed by atoms with Crippen molar-refractivity contribution < 1.29 is 9.47 Å². The molecular weight excluding hydrogens is 286 g/mol. The number of methoxy groups -OCH3 is 1. The summed E-state index contributed by atoms with van der Waals surface area (Å²) >= 11 is 10.2. The number of ether oxygens (including phenoxy) is 2. The van der Waals surface area contributed by atoms with E-state index in [1.165, 1.54) is 0 Å². The molecule has 0 fully saturated rings. The van der Waals surface area contributed by atoms with Crippen molar-refractivity contribution >= 4 is 35.1 Å². The molecule has 3 N–H and O–H groups in total. The van der Waals surface area contributed by atoms with Gasteiger partial charge in [-0.1, -0.05) is 0 Å². The van der Waals surface area contributed by atoms with E-state index in [1.807, 2.05) is 12.1 Å². The molecule has 5 nitrogen and oxygen atoms in total. The van der Waals surface area contributed by atoms with Crippen LogP contribution in [0.2, 0.25) is 0 Å². The molecule has 0 aliphatic rings. The normalized spacial score (nSPS) is 10.4. The molecule has 7 heteroatoms. The van der Waals surface area contributed by atoms with Gasteiger partial charge in [-0.25, -0.2) is 0 Å². The van der Waals surface area contributed by atoms with Crippen LogP contribution in [0.15, 0.2) is 23.3 Å². The summed E-state index contributed by atoms with van der Waals surface area (Å²) in [6.45, 7) is 0.533. The Hall–Kier alpha value is -1.53. The second-order valence-corrected chi connectivity index (χ2v) is 4.35. The summed E-state index contributed by atoms with van der Waals surface area (Å²) in [7, 11) is 1.59. The number of nitrogens with zero attached hydrogens (tertiary/aromatic N) is 1. The highest BCUT2D eigenvalue weighted by molar-refractivity contribution is 7.80. The summed E-state index contributed by atoms with van der Waals surface area (Å²) in [4.78, 5) is 0. The van der Waals surface area contributed by atoms with Gasteiger partial charge in [0.2, 0.25) is 0 Å². The number of benzene rings is 1. The summed E-state index contributed by atoms with van der Waals surface area (Å²) in [6.07, 6.45) is 2.36. The molecule has 0 amide bonds. The predicted octanol–water partition coefficient (Wildman–Crippen LogP) is 1.87. The van der Waals surface area contributed by atoms with E-state index in [-0.39, 0.29) is 5.11 Å². The van der Waals surface area contributed by atoms with Crippen LogP contribution >= 0.6 is 23.8 Å². The Balaban J connectivity index is 2.76. The molecule has 0 radical (unpaired) electrons. The van der Waals surface area contributed by atoms with Gasteiger partial charge in [0, 0.05) is 5.88 Å². The number of nitrogens with two attached hydrogens (primary N) is 1. The quantitative estimate of drug-likeness (QED) is 0.264. The Morgan fingerprint density at radius 1 is 1.53 bits per heavy atom. The Morgan fingerprint density at radius 3 is 2.95 bits per heavy atom. The lowest BCUT2D eigenvalue weighted by molar-refractivity contribution is 0.295. The molecule has 0 aliphatic heterocycles. The van der Waals surface area contributed by atoms with Gasteiger partial charge in [0.15, 0.2) is 16.6 Å². The van der Waals surface area contributed by atoms with E-state index < -0.39 is 0 Å². The van der Waals surface area contributed by atoms with Crippen LogP contribution in [0.1, 0.15) is 12.0 Å². The van der Waals surface area contributed by atoms with Crippen molar-refractivity contribution in [3.8, 4) is 11.5 Å². The van der Waals surface area contributed by atoms with Crippen LogP contribution in [0.25, 0.3) is 0 Å². The lowest BCUT2D eigenvalue weighted by atomic mass is 10.2. The molecule has 0 bridgehead atoms. The Kier molecular flexibility index (Phi) is 6.99. The van der Waals surface area contributed by atoms with Crippen molar-refractivity contribution in [3.63, 3.8) is 0 Å². The van der Waals surface area contributed by atoms with E-state index in [0.717, 1.165) is 12.0 Å². The van der Waals surface area contributed by atoms with E-state index in [1.54, 1.807) is 19.4 Å². The minimum absolute atomic E-state index is 0.114. The fourth-order valence-electron chi connectivity index (χ4n) is 1.29. The standard InChI is InChI=1S/C12H16ClN3O2S/c1-17-10-4-3-9(8-15-16-12(14)19)7-11(10)18-6-2-5-13/h3-4,7-8H,2,5-6H2,1H3,(H3,14,16,19). The number of hydrazone groups is 1. The molecule has 1 aromatic rings. The Bertz CT molecular complexity index is 455. The van der Waals surface area contributed by atoms with Crippen LogP contribution in [0, 0.1) is 0 Å². The van der Waals surface area contributed by atoms with Gasteiger partial charge < -0.3 is 15.2 Å². The minimum atomic E-state index is 0.114. The SMILES string of the molecule is COc1ccc(C=NNC(N)=S)cc1OCCCCl. The highest BCUT2D eigenvalue weighted by atomic mass is 35.5. The van der Waals surface area contributed by atoms with Crippen LogP contribution in [-0.2, 0) is 0 Å². The molecule has 0 aromatic heterocycles. The fourth-order valence-corrected chi connectivity index (χ4v) is 1.46. The second-order valence-electron chi connectivity index (χ2n) is 3.54. The Labute approximate surface area is 122 Å². The van der Waals surface area contributed by atoms with Gasteiger partial charge in [-0.15, -0.1) is 11.6 Å². The number of nitrogens with one attached hydrogen (secondary N) is 1. The van der Waals surface area contributed by atoms with Gasteiger partial charge in [0.05, 0.1) is 19.9 Å². The molecule has 0 atom stereocenters. The van der Waals surface area contributed by atoms with Crippen LogP contribution in [0.4, 0.5) is 0 Å². The van der Waals surface area contributed by atoms with E-state index in [9.17, 15) is 0 Å². The highest BCUT2D eigenvalue weighted by Gasteiger charge is 2.04. The second kappa shape index (κ2) is 8.55. The average molecular weight is 302 g/mol. The number of halogens is 1. The van der Waals surface area contributed by atoms with Gasteiger partial charge in [-0.2, -0.15) is 5.10 Å². The number of thiocarbonyl (C=S) groups is 1. The van der Waals surface area contributed by atoms with E-state index in [4.69, 9.17) is 26.8 Å². The molecule has 0 spiro atoms. The number of rotatable bonds is 7. The first-order valence-electron chi connectivity index (χ1n) is 5.62. The molecule has 1 rings (SSSR count). The zero-order valence-electron chi connectivity index (χ0n) is 10.6. The van der Waals surface area contributed by atoms with Crippen molar-refractivity contribution in [1.82, 2.24) is 5.43 Å². The molecule has 0 saturated carbocycles. The largest absolute Gasteiger partial charge is 0.493 e. The third kappa shape index (κ3) is 5.76. The lowest BCUT2D eigenvalue weighted by Crippen LogP contribution is -2.23. The van der Waals surface area contributed by atoms with Gasteiger partial charge in [0.1, 0.15) is 0 Å². The number of hydrogen-bond acceptors (Lipinski definition) is 4. The third-order valence-corrected chi connectivity index (χ3v) is 2.47. The highest BCUT2D eigenvalue weighted by Crippen LogP contribution is 2.27. The maximum atomic E-state index is 5.61. The van der Waals surface area contributed by atoms with Gasteiger partial charge in [0.25, 0.3) is 0 Å². The van der Waals surface area contributed by atoms with Crippen molar-refractivity contribution in [1.29, 1.82) is 0 Å². The summed E-state index contributed by atoms with van der Waals surface area (Å²) < 4.78 is 10.8.